The molecule has 0 bridgehead atoms. The molecule has 7 heteroatoms. The Hall–Kier alpha value is -1.92. The van der Waals surface area contributed by atoms with Gasteiger partial charge in [0.05, 0.1) is 11.4 Å². The van der Waals surface area contributed by atoms with Crippen LogP contribution in [0.15, 0.2) is 18.2 Å². The summed E-state index contributed by atoms with van der Waals surface area (Å²) in [7, 11) is 0. The summed E-state index contributed by atoms with van der Waals surface area (Å²) >= 11 is 5.92. The van der Waals surface area contributed by atoms with Gasteiger partial charge in [-0.05, 0) is 31.5 Å². The van der Waals surface area contributed by atoms with Crippen molar-refractivity contribution in [3.8, 4) is 0 Å². The fourth-order valence-electron chi connectivity index (χ4n) is 1.79. The Balaban J connectivity index is 2.09. The topological polar surface area (TPSA) is 85.8 Å². The first kappa shape index (κ1) is 14.5. The van der Waals surface area contributed by atoms with E-state index < -0.39 is 0 Å². The van der Waals surface area contributed by atoms with Crippen LogP contribution in [0.2, 0.25) is 5.02 Å². The summed E-state index contributed by atoms with van der Waals surface area (Å²) in [6.45, 7) is 4.13. The average Bonchev–Trinajstić information content (AvgIpc) is 2.75. The van der Waals surface area contributed by atoms with Crippen molar-refractivity contribution in [3.63, 3.8) is 0 Å². The van der Waals surface area contributed by atoms with Gasteiger partial charge in [-0.3, -0.25) is 4.79 Å². The number of aryl methyl sites for hydroxylation is 1. The van der Waals surface area contributed by atoms with Gasteiger partial charge in [0, 0.05) is 17.3 Å². The molecular formula is C13H16ClN5O. The number of nitrogens with one attached hydrogen (secondary N) is 1. The van der Waals surface area contributed by atoms with E-state index in [1.165, 1.54) is 4.68 Å². The van der Waals surface area contributed by atoms with E-state index >= 15 is 0 Å². The maximum Gasteiger partial charge on any atom is 0.246 e. The van der Waals surface area contributed by atoms with Gasteiger partial charge in [-0.25, -0.2) is 4.68 Å². The van der Waals surface area contributed by atoms with Crippen LogP contribution < -0.4 is 11.1 Å². The van der Waals surface area contributed by atoms with Crippen molar-refractivity contribution < 1.29 is 4.79 Å². The summed E-state index contributed by atoms with van der Waals surface area (Å²) in [6.07, 6.45) is 0. The van der Waals surface area contributed by atoms with Crippen molar-refractivity contribution in [1.29, 1.82) is 0 Å². The van der Waals surface area contributed by atoms with Crippen LogP contribution in [-0.2, 0) is 17.9 Å². The summed E-state index contributed by atoms with van der Waals surface area (Å²) < 4.78 is 1.53. The normalized spacial score (nSPS) is 10.6. The number of nitrogens with zero attached hydrogens (tertiary/aromatic N) is 3. The van der Waals surface area contributed by atoms with Crippen molar-refractivity contribution in [2.45, 2.75) is 26.9 Å². The van der Waals surface area contributed by atoms with E-state index in [1.54, 1.807) is 12.1 Å². The predicted molar refractivity (Wildman–Crippen MR) is 77.5 cm³/mol. The van der Waals surface area contributed by atoms with Crippen LogP contribution in [0.1, 0.15) is 17.0 Å². The van der Waals surface area contributed by atoms with Gasteiger partial charge in [0.1, 0.15) is 6.54 Å². The third-order valence-corrected chi connectivity index (χ3v) is 3.27. The molecule has 0 spiro atoms. The van der Waals surface area contributed by atoms with Crippen LogP contribution in [0.4, 0.5) is 5.69 Å². The number of hydrogen-bond donors (Lipinski definition) is 2. The first-order chi connectivity index (χ1) is 9.51. The minimum Gasteiger partial charge on any atom is -0.325 e. The van der Waals surface area contributed by atoms with E-state index in [-0.39, 0.29) is 12.5 Å². The summed E-state index contributed by atoms with van der Waals surface area (Å²) in [5, 5.41) is 11.2. The lowest BCUT2D eigenvalue weighted by Gasteiger charge is -2.09. The molecular weight excluding hydrogens is 278 g/mol. The number of halogens is 1. The van der Waals surface area contributed by atoms with Crippen LogP contribution in [0, 0.1) is 13.8 Å². The molecule has 0 aliphatic rings. The predicted octanol–water partition coefficient (Wildman–Crippen LogP) is 1.65. The quantitative estimate of drug-likeness (QED) is 0.897. The standard InChI is InChI=1S/C13H16ClN5O/c1-8-3-4-10(14)5-11(8)16-13(20)7-19-9(2)12(6-15)17-18-19/h3-5H,6-7,15H2,1-2H3,(H,16,20). The van der Waals surface area contributed by atoms with Gasteiger partial charge in [-0.15, -0.1) is 5.10 Å². The summed E-state index contributed by atoms with van der Waals surface area (Å²) in [4.78, 5) is 12.0. The van der Waals surface area contributed by atoms with Crippen LogP contribution in [0.5, 0.6) is 0 Å². The molecule has 0 radical (unpaired) electrons. The van der Waals surface area contributed by atoms with Gasteiger partial charge in [-0.2, -0.15) is 0 Å². The highest BCUT2D eigenvalue weighted by Gasteiger charge is 2.11. The zero-order valence-electron chi connectivity index (χ0n) is 11.4. The van der Waals surface area contributed by atoms with Gasteiger partial charge >= 0.3 is 0 Å². The monoisotopic (exact) mass is 293 g/mol. The molecule has 1 amide bonds. The fourth-order valence-corrected chi connectivity index (χ4v) is 1.96. The number of rotatable bonds is 4. The third kappa shape index (κ3) is 3.15. The highest BCUT2D eigenvalue weighted by Crippen LogP contribution is 2.20. The first-order valence-corrected chi connectivity index (χ1v) is 6.54. The highest BCUT2D eigenvalue weighted by molar-refractivity contribution is 6.31. The Morgan fingerprint density at radius 2 is 2.20 bits per heavy atom. The molecule has 0 aliphatic heterocycles. The molecule has 3 N–H and O–H groups in total. The van der Waals surface area contributed by atoms with Gasteiger partial charge in [0.15, 0.2) is 0 Å². The molecule has 0 saturated carbocycles. The van der Waals surface area contributed by atoms with Crippen molar-refractivity contribution in [1.82, 2.24) is 15.0 Å². The van der Waals surface area contributed by atoms with Crippen LogP contribution in [0.25, 0.3) is 0 Å². The van der Waals surface area contributed by atoms with E-state index in [0.29, 0.717) is 22.9 Å². The number of nitrogens with two attached hydrogens (primary N) is 1. The van der Waals surface area contributed by atoms with E-state index in [4.69, 9.17) is 17.3 Å². The number of carbonyl (C=O) groups excluding carboxylic acids is 1. The lowest BCUT2D eigenvalue weighted by atomic mass is 10.2. The van der Waals surface area contributed by atoms with Crippen molar-refractivity contribution in [2.75, 3.05) is 5.32 Å². The van der Waals surface area contributed by atoms with Crippen molar-refractivity contribution in [2.24, 2.45) is 5.73 Å². The zero-order chi connectivity index (χ0) is 14.7. The Morgan fingerprint density at radius 3 is 2.85 bits per heavy atom. The molecule has 0 saturated heterocycles. The molecule has 6 nitrogen and oxygen atoms in total. The number of hydrogen-bond acceptors (Lipinski definition) is 4. The largest absolute Gasteiger partial charge is 0.325 e. The van der Waals surface area contributed by atoms with Gasteiger partial charge in [0.25, 0.3) is 0 Å². The Bertz CT molecular complexity index is 638. The van der Waals surface area contributed by atoms with E-state index in [0.717, 1.165) is 11.3 Å². The van der Waals surface area contributed by atoms with Crippen LogP contribution in [0.3, 0.4) is 0 Å². The van der Waals surface area contributed by atoms with Crippen molar-refractivity contribution in [3.05, 3.63) is 40.2 Å². The first-order valence-electron chi connectivity index (χ1n) is 6.16. The molecule has 1 aromatic carbocycles. The number of amides is 1. The van der Waals surface area contributed by atoms with Gasteiger partial charge < -0.3 is 11.1 Å². The maximum absolute atomic E-state index is 12.0. The van der Waals surface area contributed by atoms with Gasteiger partial charge in [-0.1, -0.05) is 22.9 Å². The number of benzene rings is 1. The SMILES string of the molecule is Cc1ccc(Cl)cc1NC(=O)Cn1nnc(CN)c1C. The summed E-state index contributed by atoms with van der Waals surface area (Å²) in [5.41, 5.74) is 8.65. The van der Waals surface area contributed by atoms with E-state index in [9.17, 15) is 4.79 Å². The van der Waals surface area contributed by atoms with Crippen LogP contribution in [-0.4, -0.2) is 20.9 Å². The minimum atomic E-state index is -0.188. The molecule has 106 valence electrons. The van der Waals surface area contributed by atoms with Gasteiger partial charge in [0.2, 0.25) is 5.91 Å². The fraction of sp³-hybridized carbons (Fsp3) is 0.308. The van der Waals surface area contributed by atoms with Crippen molar-refractivity contribution >= 4 is 23.2 Å². The molecule has 0 aliphatic carbocycles. The molecule has 1 aromatic heterocycles. The lowest BCUT2D eigenvalue weighted by Crippen LogP contribution is -2.21. The molecule has 20 heavy (non-hydrogen) atoms. The number of anilines is 1. The summed E-state index contributed by atoms with van der Waals surface area (Å²) in [6, 6.07) is 5.35. The minimum absolute atomic E-state index is 0.0881. The number of carbonyl (C=O) groups is 1. The van der Waals surface area contributed by atoms with E-state index in [2.05, 4.69) is 15.6 Å². The molecule has 2 aromatic rings. The molecule has 0 unspecified atom stereocenters. The second-order valence-corrected chi connectivity index (χ2v) is 4.93. The third-order valence-electron chi connectivity index (χ3n) is 3.04. The zero-order valence-corrected chi connectivity index (χ0v) is 12.1. The Labute approximate surface area is 121 Å². The molecule has 2 rings (SSSR count). The highest BCUT2D eigenvalue weighted by atomic mass is 35.5. The smallest absolute Gasteiger partial charge is 0.246 e. The molecule has 1 heterocycles. The average molecular weight is 294 g/mol. The Morgan fingerprint density at radius 1 is 1.45 bits per heavy atom. The molecule has 0 atom stereocenters. The van der Waals surface area contributed by atoms with E-state index in [1.807, 2.05) is 19.9 Å². The maximum atomic E-state index is 12.0. The van der Waals surface area contributed by atoms with Crippen LogP contribution >= 0.6 is 11.6 Å². The Kier molecular flexibility index (Phi) is 4.36. The molecule has 0 fully saturated rings. The number of aromatic nitrogens is 3. The summed E-state index contributed by atoms with van der Waals surface area (Å²) in [5.74, 6) is -0.188. The lowest BCUT2D eigenvalue weighted by molar-refractivity contribution is -0.117. The second-order valence-electron chi connectivity index (χ2n) is 4.49. The second kappa shape index (κ2) is 6.02.